The lowest BCUT2D eigenvalue weighted by molar-refractivity contribution is -0.137. The molecule has 0 saturated heterocycles. The van der Waals surface area contributed by atoms with Crippen molar-refractivity contribution in [2.24, 2.45) is 12.0 Å². The number of halogens is 3. The number of nitrogens with one attached hydrogen (secondary N) is 1. The SMILES string of the molecule is Cc1c(N=Cc2c(O)n(-c3cccc(C(F)(F)F)c3)c(=O)[nH]c2=O)c(=O)n(-c2ccccc2)n1C. The lowest BCUT2D eigenvalue weighted by Crippen LogP contribution is -2.31. The van der Waals surface area contributed by atoms with Crippen LogP contribution in [0.3, 0.4) is 0 Å². The van der Waals surface area contributed by atoms with Crippen LogP contribution in [0, 0.1) is 6.92 Å². The molecule has 4 aromatic rings. The Morgan fingerprint density at radius 1 is 1.00 bits per heavy atom. The molecule has 35 heavy (non-hydrogen) atoms. The molecule has 2 aromatic heterocycles. The van der Waals surface area contributed by atoms with Crippen LogP contribution in [0.25, 0.3) is 11.4 Å². The van der Waals surface area contributed by atoms with Crippen LogP contribution in [-0.4, -0.2) is 30.2 Å². The van der Waals surface area contributed by atoms with Gasteiger partial charge in [0.05, 0.1) is 22.6 Å². The van der Waals surface area contributed by atoms with Crippen molar-refractivity contribution in [2.75, 3.05) is 0 Å². The van der Waals surface area contributed by atoms with Crippen LogP contribution in [0.1, 0.15) is 16.8 Å². The topological polar surface area (TPSA) is 114 Å². The molecule has 0 unspecified atom stereocenters. The molecule has 0 aliphatic rings. The van der Waals surface area contributed by atoms with Gasteiger partial charge in [-0.1, -0.05) is 24.3 Å². The summed E-state index contributed by atoms with van der Waals surface area (Å²) in [5, 5.41) is 10.6. The van der Waals surface area contributed by atoms with E-state index in [2.05, 4.69) is 4.99 Å². The van der Waals surface area contributed by atoms with E-state index in [1.807, 2.05) is 4.98 Å². The van der Waals surface area contributed by atoms with Crippen LogP contribution in [0.15, 0.2) is 74.0 Å². The van der Waals surface area contributed by atoms with Crippen LogP contribution >= 0.6 is 0 Å². The highest BCUT2D eigenvalue weighted by atomic mass is 19.4. The van der Waals surface area contributed by atoms with Gasteiger partial charge in [0.15, 0.2) is 5.69 Å². The molecule has 0 atom stereocenters. The maximum atomic E-state index is 13.1. The van der Waals surface area contributed by atoms with Gasteiger partial charge in [-0.15, -0.1) is 0 Å². The van der Waals surface area contributed by atoms with Crippen molar-refractivity contribution in [3.8, 4) is 17.3 Å². The Bertz CT molecular complexity index is 1630. The average Bonchev–Trinajstić information content (AvgIpc) is 3.01. The number of H-pyrrole nitrogens is 1. The first-order chi connectivity index (χ1) is 16.5. The van der Waals surface area contributed by atoms with Gasteiger partial charge in [-0.05, 0) is 37.3 Å². The Morgan fingerprint density at radius 3 is 2.31 bits per heavy atom. The lowest BCUT2D eigenvalue weighted by atomic mass is 10.2. The van der Waals surface area contributed by atoms with E-state index < -0.39 is 40.0 Å². The van der Waals surface area contributed by atoms with E-state index in [9.17, 15) is 32.7 Å². The minimum atomic E-state index is -4.69. The van der Waals surface area contributed by atoms with Crippen LogP contribution in [-0.2, 0) is 13.2 Å². The minimum absolute atomic E-state index is 0.0352. The molecule has 0 spiro atoms. The molecule has 9 nitrogen and oxygen atoms in total. The molecule has 0 radical (unpaired) electrons. The van der Waals surface area contributed by atoms with Crippen LogP contribution < -0.4 is 16.8 Å². The predicted octanol–water partition coefficient (Wildman–Crippen LogP) is 2.80. The van der Waals surface area contributed by atoms with Gasteiger partial charge in [0.2, 0.25) is 5.88 Å². The Labute approximate surface area is 194 Å². The lowest BCUT2D eigenvalue weighted by Gasteiger charge is -2.12. The first-order valence-electron chi connectivity index (χ1n) is 10.1. The van der Waals surface area contributed by atoms with E-state index in [1.165, 1.54) is 4.68 Å². The predicted molar refractivity (Wildman–Crippen MR) is 122 cm³/mol. The standard InChI is InChI=1S/C23H18F3N5O4/c1-13-18(21(34)31(29(13)2)15-8-4-3-5-9-15)27-12-17-19(32)28-22(35)30(20(17)33)16-10-6-7-14(11-16)23(24,25)26/h3-12,33H,1-2H3,(H,28,32,35). The van der Waals surface area contributed by atoms with Crippen molar-refractivity contribution in [1.82, 2.24) is 18.9 Å². The molecule has 180 valence electrons. The van der Waals surface area contributed by atoms with Gasteiger partial charge >= 0.3 is 11.9 Å². The molecule has 4 rings (SSSR count). The van der Waals surface area contributed by atoms with Crippen molar-refractivity contribution in [2.45, 2.75) is 13.1 Å². The molecule has 0 saturated carbocycles. The van der Waals surface area contributed by atoms with Crippen LogP contribution in [0.2, 0.25) is 0 Å². The van der Waals surface area contributed by atoms with Crippen molar-refractivity contribution in [3.05, 3.63) is 103 Å². The Morgan fingerprint density at radius 2 is 1.66 bits per heavy atom. The molecular formula is C23H18F3N5O4. The molecule has 2 heterocycles. The minimum Gasteiger partial charge on any atom is -0.493 e. The molecule has 2 N–H and O–H groups in total. The van der Waals surface area contributed by atoms with Gasteiger partial charge in [-0.25, -0.2) is 19.0 Å². The van der Waals surface area contributed by atoms with Crippen molar-refractivity contribution < 1.29 is 18.3 Å². The van der Waals surface area contributed by atoms with Crippen LogP contribution in [0.5, 0.6) is 5.88 Å². The molecular weight excluding hydrogens is 467 g/mol. The summed E-state index contributed by atoms with van der Waals surface area (Å²) in [7, 11) is 1.64. The first-order valence-corrected chi connectivity index (χ1v) is 10.1. The van der Waals surface area contributed by atoms with Crippen molar-refractivity contribution >= 4 is 11.9 Å². The van der Waals surface area contributed by atoms with Gasteiger partial charge in [0.25, 0.3) is 11.1 Å². The zero-order chi connectivity index (χ0) is 25.5. The second-order valence-corrected chi connectivity index (χ2v) is 7.55. The van der Waals surface area contributed by atoms with Crippen molar-refractivity contribution in [3.63, 3.8) is 0 Å². The van der Waals surface area contributed by atoms with E-state index in [0.29, 0.717) is 22.0 Å². The van der Waals surface area contributed by atoms with E-state index in [0.717, 1.165) is 24.4 Å². The Kier molecular flexibility index (Phi) is 5.81. The van der Waals surface area contributed by atoms with Gasteiger partial charge in [-0.2, -0.15) is 13.2 Å². The third-order valence-electron chi connectivity index (χ3n) is 5.40. The van der Waals surface area contributed by atoms with E-state index in [-0.39, 0.29) is 11.4 Å². The number of alkyl halides is 3. The van der Waals surface area contributed by atoms with E-state index in [4.69, 9.17) is 0 Å². The summed E-state index contributed by atoms with van der Waals surface area (Å²) < 4.78 is 42.7. The van der Waals surface area contributed by atoms with Crippen molar-refractivity contribution in [1.29, 1.82) is 0 Å². The monoisotopic (exact) mass is 485 g/mol. The molecule has 0 amide bonds. The number of para-hydroxylation sites is 1. The maximum absolute atomic E-state index is 13.1. The zero-order valence-electron chi connectivity index (χ0n) is 18.4. The van der Waals surface area contributed by atoms with Gasteiger partial charge in [-0.3, -0.25) is 19.3 Å². The largest absolute Gasteiger partial charge is 0.493 e. The number of rotatable bonds is 4. The highest BCUT2D eigenvalue weighted by molar-refractivity contribution is 5.84. The third kappa shape index (κ3) is 4.21. The number of benzene rings is 2. The number of aromatic hydroxyl groups is 1. The summed E-state index contributed by atoms with van der Waals surface area (Å²) in [5.41, 5.74) is -3.60. The third-order valence-corrected chi connectivity index (χ3v) is 5.40. The first kappa shape index (κ1) is 23.5. The molecule has 2 aromatic carbocycles. The Balaban J connectivity index is 1.84. The van der Waals surface area contributed by atoms with Gasteiger partial charge in [0.1, 0.15) is 5.56 Å². The average molecular weight is 485 g/mol. The normalized spacial score (nSPS) is 11.9. The van der Waals surface area contributed by atoms with Crippen LogP contribution in [0.4, 0.5) is 18.9 Å². The van der Waals surface area contributed by atoms with E-state index in [1.54, 1.807) is 49.0 Å². The maximum Gasteiger partial charge on any atom is 0.416 e. The summed E-state index contributed by atoms with van der Waals surface area (Å²) in [5.74, 6) is -0.932. The second-order valence-electron chi connectivity index (χ2n) is 7.55. The number of nitrogens with zero attached hydrogens (tertiary/aromatic N) is 4. The fraction of sp³-hybridized carbons (Fsp3) is 0.130. The quantitative estimate of drug-likeness (QED) is 0.433. The smallest absolute Gasteiger partial charge is 0.416 e. The van der Waals surface area contributed by atoms with Gasteiger partial charge in [0, 0.05) is 13.3 Å². The second kappa shape index (κ2) is 8.63. The highest BCUT2D eigenvalue weighted by Gasteiger charge is 2.31. The fourth-order valence-electron chi connectivity index (χ4n) is 3.55. The molecule has 0 bridgehead atoms. The molecule has 0 aliphatic carbocycles. The number of aromatic amines is 1. The summed E-state index contributed by atoms with van der Waals surface area (Å²) in [6.07, 6.45) is -3.80. The summed E-state index contributed by atoms with van der Waals surface area (Å²) in [6, 6.07) is 12.4. The highest BCUT2D eigenvalue weighted by Crippen LogP contribution is 2.30. The fourth-order valence-corrected chi connectivity index (χ4v) is 3.55. The number of aromatic nitrogens is 4. The molecule has 0 fully saturated rings. The number of hydrogen-bond acceptors (Lipinski definition) is 5. The molecule has 12 heteroatoms. The summed E-state index contributed by atoms with van der Waals surface area (Å²) in [6.45, 7) is 1.63. The van der Waals surface area contributed by atoms with Gasteiger partial charge < -0.3 is 5.11 Å². The summed E-state index contributed by atoms with van der Waals surface area (Å²) >= 11 is 0. The van der Waals surface area contributed by atoms with E-state index >= 15 is 0 Å². The number of aliphatic imine (C=N–C) groups is 1. The number of hydrogen-bond donors (Lipinski definition) is 2. The summed E-state index contributed by atoms with van der Waals surface area (Å²) in [4.78, 5) is 43.7. The zero-order valence-corrected chi connectivity index (χ0v) is 18.4. The Hall–Kier alpha value is -4.61. The molecule has 0 aliphatic heterocycles.